The first kappa shape index (κ1) is 11.8. The van der Waals surface area contributed by atoms with Crippen molar-refractivity contribution in [2.24, 2.45) is 0 Å². The molecule has 96 valence electrons. The highest BCUT2D eigenvalue weighted by Gasteiger charge is 2.14. The Kier molecular flexibility index (Phi) is 2.75. The predicted octanol–water partition coefficient (Wildman–Crippen LogP) is 3.52. The van der Waals surface area contributed by atoms with Crippen LogP contribution >= 0.6 is 11.8 Å². The van der Waals surface area contributed by atoms with E-state index in [9.17, 15) is 10.1 Å². The molecule has 0 unspecified atom stereocenters. The number of aromatic nitrogens is 2. The van der Waals surface area contributed by atoms with Crippen LogP contribution in [0, 0.1) is 17.0 Å². The Hall–Kier alpha value is -2.28. The summed E-state index contributed by atoms with van der Waals surface area (Å²) in [6.07, 6.45) is 0. The first-order valence-electron chi connectivity index (χ1n) is 5.50. The fourth-order valence-electron chi connectivity index (χ4n) is 1.71. The van der Waals surface area contributed by atoms with E-state index in [-0.39, 0.29) is 5.88 Å². The second-order valence-electron chi connectivity index (χ2n) is 4.01. The number of aryl methyl sites for hydroxylation is 1. The number of imidazole rings is 1. The molecule has 0 saturated heterocycles. The molecule has 2 heterocycles. The summed E-state index contributed by atoms with van der Waals surface area (Å²) in [4.78, 5) is 17.5. The number of hydrogen-bond acceptors (Lipinski definition) is 5. The van der Waals surface area contributed by atoms with Crippen LogP contribution in [-0.4, -0.2) is 14.9 Å². The summed E-state index contributed by atoms with van der Waals surface area (Å²) in [7, 11) is 0. The summed E-state index contributed by atoms with van der Waals surface area (Å²) in [5, 5.41) is 11.6. The molecule has 7 heteroatoms. The normalized spacial score (nSPS) is 11.0. The van der Waals surface area contributed by atoms with Crippen molar-refractivity contribution in [3.8, 4) is 0 Å². The lowest BCUT2D eigenvalue weighted by Gasteiger charge is -1.90. The highest BCUT2D eigenvalue weighted by Crippen LogP contribution is 2.31. The molecule has 1 N–H and O–H groups in total. The van der Waals surface area contributed by atoms with Gasteiger partial charge in [-0.05, 0) is 42.4 Å². The summed E-state index contributed by atoms with van der Waals surface area (Å²) >= 11 is 1.22. The Bertz CT molecular complexity index is 763. The zero-order valence-electron chi connectivity index (χ0n) is 9.91. The Balaban J connectivity index is 1.89. The SMILES string of the molecule is Cc1ccc2nc(Sc3ccc([N+](=O)[O-])o3)[nH]c2c1. The number of nitrogens with zero attached hydrogens (tertiary/aromatic N) is 2. The van der Waals surface area contributed by atoms with E-state index in [1.165, 1.54) is 17.8 Å². The van der Waals surface area contributed by atoms with Crippen molar-refractivity contribution in [1.29, 1.82) is 0 Å². The smallest absolute Gasteiger partial charge is 0.394 e. The quantitative estimate of drug-likeness (QED) is 0.584. The molecule has 0 aliphatic carbocycles. The molecule has 0 spiro atoms. The number of H-pyrrole nitrogens is 1. The third-order valence-electron chi connectivity index (χ3n) is 2.56. The van der Waals surface area contributed by atoms with E-state index < -0.39 is 4.92 Å². The Morgan fingerprint density at radius 1 is 1.37 bits per heavy atom. The molecule has 3 aromatic rings. The van der Waals surface area contributed by atoms with Crippen LogP contribution in [0.5, 0.6) is 0 Å². The lowest BCUT2D eigenvalue weighted by atomic mass is 10.2. The van der Waals surface area contributed by atoms with Crippen molar-refractivity contribution in [2.75, 3.05) is 0 Å². The maximum atomic E-state index is 10.5. The molecule has 0 aliphatic heterocycles. The predicted molar refractivity (Wildman–Crippen MR) is 70.3 cm³/mol. The molecule has 0 atom stereocenters. The van der Waals surface area contributed by atoms with Gasteiger partial charge in [-0.1, -0.05) is 6.07 Å². The van der Waals surface area contributed by atoms with Crippen LogP contribution in [0.2, 0.25) is 0 Å². The van der Waals surface area contributed by atoms with E-state index in [0.717, 1.165) is 16.6 Å². The van der Waals surface area contributed by atoms with Gasteiger partial charge in [-0.3, -0.25) is 10.1 Å². The molecule has 0 saturated carbocycles. The molecule has 1 aromatic carbocycles. The number of nitrogens with one attached hydrogen (secondary N) is 1. The number of rotatable bonds is 3. The van der Waals surface area contributed by atoms with Gasteiger partial charge in [0.2, 0.25) is 0 Å². The van der Waals surface area contributed by atoms with Crippen molar-refractivity contribution >= 4 is 28.7 Å². The topological polar surface area (TPSA) is 85.0 Å². The summed E-state index contributed by atoms with van der Waals surface area (Å²) in [5.74, 6) is -0.269. The fraction of sp³-hybridized carbons (Fsp3) is 0.0833. The van der Waals surface area contributed by atoms with Crippen LogP contribution in [0.15, 0.2) is 45.0 Å². The molecule has 2 aromatic heterocycles. The number of nitro groups is 1. The summed E-state index contributed by atoms with van der Waals surface area (Å²) in [6.45, 7) is 2.00. The Labute approximate surface area is 112 Å². The lowest BCUT2D eigenvalue weighted by molar-refractivity contribution is -0.403. The zero-order valence-corrected chi connectivity index (χ0v) is 10.7. The van der Waals surface area contributed by atoms with E-state index in [2.05, 4.69) is 9.97 Å². The van der Waals surface area contributed by atoms with Gasteiger partial charge in [-0.15, -0.1) is 0 Å². The highest BCUT2D eigenvalue weighted by molar-refractivity contribution is 7.99. The van der Waals surface area contributed by atoms with Gasteiger partial charge in [-0.2, -0.15) is 0 Å². The third-order valence-corrected chi connectivity index (χ3v) is 3.37. The minimum Gasteiger partial charge on any atom is -0.394 e. The van der Waals surface area contributed by atoms with Crippen molar-refractivity contribution in [1.82, 2.24) is 9.97 Å². The molecular formula is C12H9N3O3S. The zero-order chi connectivity index (χ0) is 13.4. The van der Waals surface area contributed by atoms with Gasteiger partial charge in [0, 0.05) is 0 Å². The molecule has 0 aliphatic rings. The van der Waals surface area contributed by atoms with Crippen LogP contribution in [0.3, 0.4) is 0 Å². The van der Waals surface area contributed by atoms with Crippen molar-refractivity contribution in [3.05, 3.63) is 46.0 Å². The van der Waals surface area contributed by atoms with Gasteiger partial charge in [0.05, 0.1) is 17.1 Å². The molecule has 0 fully saturated rings. The molecule has 0 radical (unpaired) electrons. The van der Waals surface area contributed by atoms with Crippen LogP contribution in [0.4, 0.5) is 5.88 Å². The fourth-order valence-corrected chi connectivity index (χ4v) is 2.47. The lowest BCUT2D eigenvalue weighted by Crippen LogP contribution is -1.82. The maximum absolute atomic E-state index is 10.5. The number of benzene rings is 1. The molecule has 3 rings (SSSR count). The molecule has 19 heavy (non-hydrogen) atoms. The van der Waals surface area contributed by atoms with Crippen LogP contribution in [0.1, 0.15) is 5.56 Å². The molecule has 0 bridgehead atoms. The first-order valence-corrected chi connectivity index (χ1v) is 6.32. The minimum atomic E-state index is -0.563. The van der Waals surface area contributed by atoms with Gasteiger partial charge in [0.25, 0.3) is 0 Å². The Morgan fingerprint density at radius 3 is 2.95 bits per heavy atom. The van der Waals surface area contributed by atoms with Crippen LogP contribution < -0.4 is 0 Å². The minimum absolute atomic E-state index is 0.269. The van der Waals surface area contributed by atoms with E-state index in [1.54, 1.807) is 6.07 Å². The van der Waals surface area contributed by atoms with Crippen LogP contribution in [0.25, 0.3) is 11.0 Å². The van der Waals surface area contributed by atoms with E-state index in [0.29, 0.717) is 10.2 Å². The third kappa shape index (κ3) is 2.32. The highest BCUT2D eigenvalue weighted by atomic mass is 32.2. The molecule has 6 nitrogen and oxygen atoms in total. The van der Waals surface area contributed by atoms with Crippen molar-refractivity contribution in [2.45, 2.75) is 17.2 Å². The molecular weight excluding hydrogens is 266 g/mol. The monoisotopic (exact) mass is 275 g/mol. The van der Waals surface area contributed by atoms with Gasteiger partial charge >= 0.3 is 5.88 Å². The van der Waals surface area contributed by atoms with E-state index in [1.807, 2.05) is 25.1 Å². The standard InChI is InChI=1S/C12H9N3O3S/c1-7-2-3-8-9(6-7)14-12(13-8)19-11-5-4-10(18-11)15(16)17/h2-6H,1H3,(H,13,14). The van der Waals surface area contributed by atoms with Gasteiger partial charge < -0.3 is 9.40 Å². The maximum Gasteiger partial charge on any atom is 0.434 e. The summed E-state index contributed by atoms with van der Waals surface area (Å²) in [5.41, 5.74) is 2.93. The van der Waals surface area contributed by atoms with E-state index >= 15 is 0 Å². The van der Waals surface area contributed by atoms with Gasteiger partial charge in [0.1, 0.15) is 4.92 Å². The van der Waals surface area contributed by atoms with Crippen molar-refractivity contribution in [3.63, 3.8) is 0 Å². The largest absolute Gasteiger partial charge is 0.434 e. The number of furan rings is 1. The van der Waals surface area contributed by atoms with Gasteiger partial charge in [-0.25, -0.2) is 4.98 Å². The second-order valence-corrected chi connectivity index (χ2v) is 5.01. The van der Waals surface area contributed by atoms with Crippen molar-refractivity contribution < 1.29 is 9.34 Å². The van der Waals surface area contributed by atoms with E-state index in [4.69, 9.17) is 4.42 Å². The molecule has 0 amide bonds. The number of hydrogen-bond donors (Lipinski definition) is 1. The summed E-state index contributed by atoms with van der Waals surface area (Å²) < 4.78 is 5.07. The van der Waals surface area contributed by atoms with Crippen LogP contribution in [-0.2, 0) is 0 Å². The number of aromatic amines is 1. The average Bonchev–Trinajstić information content (AvgIpc) is 2.95. The average molecular weight is 275 g/mol. The second kappa shape index (κ2) is 4.43. The summed E-state index contributed by atoms with van der Waals surface area (Å²) in [6, 6.07) is 8.79. The first-order chi connectivity index (χ1) is 9.11. The Morgan fingerprint density at radius 2 is 2.21 bits per heavy atom. The number of fused-ring (bicyclic) bond motifs is 1. The van der Waals surface area contributed by atoms with Gasteiger partial charge in [0.15, 0.2) is 10.2 Å².